The van der Waals surface area contributed by atoms with E-state index >= 15 is 0 Å². The van der Waals surface area contributed by atoms with E-state index in [4.69, 9.17) is 16.2 Å². The van der Waals surface area contributed by atoms with E-state index in [0.29, 0.717) is 19.4 Å². The Labute approximate surface area is 118 Å². The van der Waals surface area contributed by atoms with Crippen molar-refractivity contribution in [2.75, 3.05) is 6.54 Å². The number of hydrogen-bond donors (Lipinski definition) is 5. The first-order valence-corrected chi connectivity index (χ1v) is 7.11. The second kappa shape index (κ2) is 8.39. The van der Waals surface area contributed by atoms with Gasteiger partial charge in [-0.3, -0.25) is 10.2 Å². The highest BCUT2D eigenvalue weighted by atomic mass is 16.4. The van der Waals surface area contributed by atoms with E-state index in [1.807, 2.05) is 0 Å². The Morgan fingerprint density at radius 2 is 1.95 bits per heavy atom. The average molecular weight is 284 g/mol. The monoisotopic (exact) mass is 284 g/mol. The number of nitrogens with one attached hydrogen (secondary N) is 3. The zero-order valence-electron chi connectivity index (χ0n) is 11.7. The number of carboxylic acids is 1. The first kappa shape index (κ1) is 16.3. The van der Waals surface area contributed by atoms with E-state index < -0.39 is 12.0 Å². The summed E-state index contributed by atoms with van der Waals surface area (Å²) in [7, 11) is 0. The summed E-state index contributed by atoms with van der Waals surface area (Å²) in [5.41, 5.74) is 5.13. The molecule has 0 bridgehead atoms. The number of hydrogen-bond acceptors (Lipinski definition) is 3. The van der Waals surface area contributed by atoms with Crippen molar-refractivity contribution in [2.24, 2.45) is 11.7 Å². The Kier molecular flexibility index (Phi) is 6.83. The van der Waals surface area contributed by atoms with Crippen LogP contribution in [0.5, 0.6) is 0 Å². The summed E-state index contributed by atoms with van der Waals surface area (Å²) in [6.45, 7) is 0.429. The van der Waals surface area contributed by atoms with Gasteiger partial charge in [-0.15, -0.1) is 0 Å². The number of rotatable bonds is 7. The van der Waals surface area contributed by atoms with Crippen LogP contribution in [0, 0.1) is 11.3 Å². The van der Waals surface area contributed by atoms with Crippen molar-refractivity contribution >= 4 is 17.8 Å². The number of carbonyl (C=O) groups excluding carboxylic acids is 1. The first-order chi connectivity index (χ1) is 9.50. The lowest BCUT2D eigenvalue weighted by Crippen LogP contribution is -2.44. The second-order valence-electron chi connectivity index (χ2n) is 5.22. The van der Waals surface area contributed by atoms with Crippen molar-refractivity contribution in [3.8, 4) is 0 Å². The van der Waals surface area contributed by atoms with Crippen molar-refractivity contribution < 1.29 is 14.7 Å². The van der Waals surface area contributed by atoms with Gasteiger partial charge in [0.15, 0.2) is 5.96 Å². The SMILES string of the molecule is N=C(N)NCCC[C@H](NC(=O)C1CCCCC1)C(=O)O. The summed E-state index contributed by atoms with van der Waals surface area (Å²) in [5.74, 6) is -1.34. The Morgan fingerprint density at radius 1 is 1.30 bits per heavy atom. The van der Waals surface area contributed by atoms with Gasteiger partial charge in [0.05, 0.1) is 0 Å². The van der Waals surface area contributed by atoms with E-state index in [1.165, 1.54) is 0 Å². The molecule has 6 N–H and O–H groups in total. The molecule has 20 heavy (non-hydrogen) atoms. The normalized spacial score (nSPS) is 17.2. The van der Waals surface area contributed by atoms with Crippen LogP contribution >= 0.6 is 0 Å². The maximum atomic E-state index is 12.0. The molecular formula is C13H24N4O3. The minimum atomic E-state index is -1.02. The van der Waals surface area contributed by atoms with Crippen LogP contribution in [0.1, 0.15) is 44.9 Å². The predicted octanol–water partition coefficient (Wildman–Crippen LogP) is 0.399. The van der Waals surface area contributed by atoms with Crippen LogP contribution in [0.25, 0.3) is 0 Å². The molecule has 0 aliphatic heterocycles. The number of guanidine groups is 1. The summed E-state index contributed by atoms with van der Waals surface area (Å²) in [6.07, 6.45) is 5.79. The van der Waals surface area contributed by atoms with Crippen LogP contribution < -0.4 is 16.4 Å². The number of carbonyl (C=O) groups is 2. The molecule has 1 amide bonds. The number of nitrogens with two attached hydrogens (primary N) is 1. The van der Waals surface area contributed by atoms with E-state index in [0.717, 1.165) is 32.1 Å². The molecule has 7 heteroatoms. The smallest absolute Gasteiger partial charge is 0.326 e. The maximum Gasteiger partial charge on any atom is 0.326 e. The van der Waals surface area contributed by atoms with Gasteiger partial charge >= 0.3 is 5.97 Å². The van der Waals surface area contributed by atoms with Gasteiger partial charge < -0.3 is 21.5 Å². The highest BCUT2D eigenvalue weighted by Crippen LogP contribution is 2.23. The summed E-state index contributed by atoms with van der Waals surface area (Å²) >= 11 is 0. The van der Waals surface area contributed by atoms with E-state index in [1.54, 1.807) is 0 Å². The van der Waals surface area contributed by atoms with E-state index in [2.05, 4.69) is 10.6 Å². The molecule has 1 fully saturated rings. The molecule has 114 valence electrons. The minimum Gasteiger partial charge on any atom is -0.480 e. The highest BCUT2D eigenvalue weighted by molar-refractivity contribution is 5.85. The number of aliphatic carboxylic acids is 1. The third kappa shape index (κ3) is 5.90. The van der Waals surface area contributed by atoms with Gasteiger partial charge in [-0.25, -0.2) is 4.79 Å². The van der Waals surface area contributed by atoms with Gasteiger partial charge in [-0.2, -0.15) is 0 Å². The van der Waals surface area contributed by atoms with Crippen molar-refractivity contribution in [2.45, 2.75) is 51.0 Å². The molecule has 1 rings (SSSR count). The molecule has 1 saturated carbocycles. The Balaban J connectivity index is 2.35. The minimum absolute atomic E-state index is 0.0408. The van der Waals surface area contributed by atoms with Crippen LogP contribution in [0.15, 0.2) is 0 Å². The van der Waals surface area contributed by atoms with E-state index in [9.17, 15) is 9.59 Å². The molecule has 0 aromatic rings. The standard InChI is InChI=1S/C13H24N4O3/c14-13(15)16-8-4-7-10(12(19)20)17-11(18)9-5-2-1-3-6-9/h9-10H,1-8H2,(H,17,18)(H,19,20)(H4,14,15,16)/t10-/m0/s1. The molecule has 1 aliphatic carbocycles. The Morgan fingerprint density at radius 3 is 2.50 bits per heavy atom. The molecule has 7 nitrogen and oxygen atoms in total. The Bertz CT molecular complexity index is 354. The Hall–Kier alpha value is -1.79. The number of carboxylic acid groups (broad SMARTS) is 1. The zero-order valence-corrected chi connectivity index (χ0v) is 11.7. The van der Waals surface area contributed by atoms with Gasteiger partial charge in [0.25, 0.3) is 0 Å². The van der Waals surface area contributed by atoms with Crippen molar-refractivity contribution in [1.82, 2.24) is 10.6 Å². The molecule has 0 spiro atoms. The van der Waals surface area contributed by atoms with Crippen molar-refractivity contribution in [3.05, 3.63) is 0 Å². The predicted molar refractivity (Wildman–Crippen MR) is 75.3 cm³/mol. The van der Waals surface area contributed by atoms with Crippen LogP contribution in [0.4, 0.5) is 0 Å². The molecule has 0 aromatic carbocycles. The molecular weight excluding hydrogens is 260 g/mol. The quantitative estimate of drug-likeness (QED) is 0.262. The van der Waals surface area contributed by atoms with Gasteiger partial charge in [-0.1, -0.05) is 19.3 Å². The third-order valence-electron chi connectivity index (χ3n) is 3.58. The second-order valence-corrected chi connectivity index (χ2v) is 5.22. The van der Waals surface area contributed by atoms with Crippen molar-refractivity contribution in [1.29, 1.82) is 5.41 Å². The molecule has 1 aliphatic rings. The fourth-order valence-electron chi connectivity index (χ4n) is 2.44. The lowest BCUT2D eigenvalue weighted by molar-refractivity contribution is -0.142. The lowest BCUT2D eigenvalue weighted by Gasteiger charge is -2.23. The third-order valence-corrected chi connectivity index (χ3v) is 3.58. The topological polar surface area (TPSA) is 128 Å². The van der Waals surface area contributed by atoms with Gasteiger partial charge in [-0.05, 0) is 25.7 Å². The summed E-state index contributed by atoms with van der Waals surface area (Å²) in [6, 6.07) is -0.863. The van der Waals surface area contributed by atoms with Crippen LogP contribution in [0.2, 0.25) is 0 Å². The molecule has 0 radical (unpaired) electrons. The molecule has 0 aromatic heterocycles. The van der Waals surface area contributed by atoms with Gasteiger partial charge in [0, 0.05) is 12.5 Å². The largest absolute Gasteiger partial charge is 0.480 e. The van der Waals surface area contributed by atoms with Crippen LogP contribution in [0.3, 0.4) is 0 Å². The zero-order chi connectivity index (χ0) is 15.0. The van der Waals surface area contributed by atoms with Crippen molar-refractivity contribution in [3.63, 3.8) is 0 Å². The van der Waals surface area contributed by atoms with E-state index in [-0.39, 0.29) is 17.8 Å². The summed E-state index contributed by atoms with van der Waals surface area (Å²) in [4.78, 5) is 23.2. The lowest BCUT2D eigenvalue weighted by atomic mass is 9.88. The number of amides is 1. The van der Waals surface area contributed by atoms with Gasteiger partial charge in [0.2, 0.25) is 5.91 Å². The molecule has 0 heterocycles. The molecule has 0 unspecified atom stereocenters. The van der Waals surface area contributed by atoms with Crippen LogP contribution in [-0.4, -0.2) is 35.5 Å². The first-order valence-electron chi connectivity index (χ1n) is 7.11. The maximum absolute atomic E-state index is 12.0. The summed E-state index contributed by atoms with van der Waals surface area (Å²) in [5, 5.41) is 21.4. The summed E-state index contributed by atoms with van der Waals surface area (Å²) < 4.78 is 0. The highest BCUT2D eigenvalue weighted by Gasteiger charge is 2.26. The van der Waals surface area contributed by atoms with Crippen LogP contribution in [-0.2, 0) is 9.59 Å². The van der Waals surface area contributed by atoms with Gasteiger partial charge in [0.1, 0.15) is 6.04 Å². The average Bonchev–Trinajstić information content (AvgIpc) is 2.42. The fraction of sp³-hybridized carbons (Fsp3) is 0.769. The fourth-order valence-corrected chi connectivity index (χ4v) is 2.44. The molecule has 0 saturated heterocycles. The molecule has 1 atom stereocenters.